The number of ether oxygens (including phenoxy) is 1. The normalized spacial score (nSPS) is 23.4. The van der Waals surface area contributed by atoms with Crippen molar-refractivity contribution in [3.63, 3.8) is 0 Å². The van der Waals surface area contributed by atoms with E-state index in [9.17, 15) is 5.11 Å². The third-order valence-electron chi connectivity index (χ3n) is 4.37. The van der Waals surface area contributed by atoms with E-state index < -0.39 is 11.9 Å². The highest BCUT2D eigenvalue weighted by molar-refractivity contribution is 6.08. The number of nitrogens with one attached hydrogen (secondary N) is 1. The average Bonchev–Trinajstić information content (AvgIpc) is 3.15. The summed E-state index contributed by atoms with van der Waals surface area (Å²) in [5.41, 5.74) is 3.28. The Morgan fingerprint density at radius 1 is 1.04 bits per heavy atom. The van der Waals surface area contributed by atoms with E-state index in [0.717, 1.165) is 27.4 Å². The fraction of sp³-hybridized carbons (Fsp3) is 0.111. The zero-order valence-electron chi connectivity index (χ0n) is 12.1. The lowest BCUT2D eigenvalue weighted by atomic mass is 10.0. The molecule has 0 saturated carbocycles. The summed E-state index contributed by atoms with van der Waals surface area (Å²) in [6.45, 7) is 0. The van der Waals surface area contributed by atoms with Gasteiger partial charge in [0.25, 0.3) is 0 Å². The van der Waals surface area contributed by atoms with E-state index in [0.29, 0.717) is 5.69 Å². The van der Waals surface area contributed by atoms with Crippen molar-refractivity contribution in [3.05, 3.63) is 72.3 Å². The molecule has 0 spiro atoms. The standard InChI is InChI=1S/C18H13N3O2/c22-18(17(23-18)15-10-19-8-9-20-15)13-6-3-5-12-11-4-1-2-7-14(11)21-16(12)13/h1-10,17,21-22H. The van der Waals surface area contributed by atoms with E-state index in [4.69, 9.17) is 4.74 Å². The van der Waals surface area contributed by atoms with Crippen LogP contribution in [0.3, 0.4) is 0 Å². The predicted molar refractivity (Wildman–Crippen MR) is 85.6 cm³/mol. The van der Waals surface area contributed by atoms with Gasteiger partial charge in [-0.1, -0.05) is 36.4 Å². The molecular formula is C18H13N3O2. The van der Waals surface area contributed by atoms with Crippen molar-refractivity contribution >= 4 is 21.8 Å². The van der Waals surface area contributed by atoms with Gasteiger partial charge in [-0.25, -0.2) is 0 Å². The highest BCUT2D eigenvalue weighted by Crippen LogP contribution is 2.55. The fourth-order valence-electron chi connectivity index (χ4n) is 3.23. The first kappa shape index (κ1) is 12.8. The summed E-state index contributed by atoms with van der Waals surface area (Å²) in [6.07, 6.45) is 4.33. The number of aromatic nitrogens is 3. The Hall–Kier alpha value is -2.76. The summed E-state index contributed by atoms with van der Waals surface area (Å²) in [6, 6.07) is 13.9. The van der Waals surface area contributed by atoms with Gasteiger partial charge in [0.1, 0.15) is 0 Å². The van der Waals surface area contributed by atoms with Crippen LogP contribution in [0.5, 0.6) is 0 Å². The van der Waals surface area contributed by atoms with Crippen LogP contribution < -0.4 is 0 Å². The monoisotopic (exact) mass is 303 g/mol. The highest BCUT2D eigenvalue weighted by atomic mass is 16.7. The Balaban J connectivity index is 1.69. The SMILES string of the molecule is OC1(c2cccc3c2[nH]c2ccccc23)OC1c1cnccn1. The van der Waals surface area contributed by atoms with Crippen LogP contribution in [0.25, 0.3) is 21.8 Å². The molecule has 1 saturated heterocycles. The van der Waals surface area contributed by atoms with Crippen molar-refractivity contribution in [2.24, 2.45) is 0 Å². The van der Waals surface area contributed by atoms with Crippen LogP contribution in [0.1, 0.15) is 17.4 Å². The molecule has 5 rings (SSSR count). The van der Waals surface area contributed by atoms with Crippen LogP contribution in [-0.4, -0.2) is 20.1 Å². The van der Waals surface area contributed by atoms with Crippen molar-refractivity contribution in [2.45, 2.75) is 11.9 Å². The summed E-state index contributed by atoms with van der Waals surface area (Å²) in [4.78, 5) is 11.7. The van der Waals surface area contributed by atoms with E-state index in [1.54, 1.807) is 18.6 Å². The van der Waals surface area contributed by atoms with Gasteiger partial charge in [0, 0.05) is 34.2 Å². The van der Waals surface area contributed by atoms with Gasteiger partial charge in [-0.3, -0.25) is 9.97 Å². The van der Waals surface area contributed by atoms with Crippen LogP contribution in [0.15, 0.2) is 61.1 Å². The zero-order valence-corrected chi connectivity index (χ0v) is 12.1. The molecule has 23 heavy (non-hydrogen) atoms. The highest BCUT2D eigenvalue weighted by Gasteiger charge is 2.59. The largest absolute Gasteiger partial charge is 0.359 e. The lowest BCUT2D eigenvalue weighted by Crippen LogP contribution is -2.10. The number of aliphatic hydroxyl groups is 1. The molecule has 2 aromatic carbocycles. The van der Waals surface area contributed by atoms with Gasteiger partial charge < -0.3 is 14.8 Å². The van der Waals surface area contributed by atoms with Crippen LogP contribution >= 0.6 is 0 Å². The molecule has 0 aliphatic carbocycles. The first-order valence-electron chi connectivity index (χ1n) is 7.43. The minimum absolute atomic E-state index is 0.492. The molecule has 5 nitrogen and oxygen atoms in total. The smallest absolute Gasteiger partial charge is 0.228 e. The van der Waals surface area contributed by atoms with E-state index in [1.807, 2.05) is 36.4 Å². The van der Waals surface area contributed by atoms with Crippen molar-refractivity contribution < 1.29 is 9.84 Å². The summed E-state index contributed by atoms with van der Waals surface area (Å²) >= 11 is 0. The fourth-order valence-corrected chi connectivity index (χ4v) is 3.23. The Kier molecular flexibility index (Phi) is 2.43. The number of fused-ring (bicyclic) bond motifs is 3. The maximum absolute atomic E-state index is 10.9. The topological polar surface area (TPSA) is 74.3 Å². The summed E-state index contributed by atoms with van der Waals surface area (Å²) in [5, 5.41) is 13.1. The van der Waals surface area contributed by atoms with Gasteiger partial charge in [0.15, 0.2) is 6.10 Å². The van der Waals surface area contributed by atoms with Gasteiger partial charge in [0.05, 0.1) is 17.4 Å². The van der Waals surface area contributed by atoms with Crippen LogP contribution in [0.4, 0.5) is 0 Å². The molecule has 0 bridgehead atoms. The maximum atomic E-state index is 10.9. The molecule has 1 fully saturated rings. The lowest BCUT2D eigenvalue weighted by Gasteiger charge is -2.07. The molecule has 1 aliphatic heterocycles. The Morgan fingerprint density at radius 3 is 2.78 bits per heavy atom. The molecule has 4 aromatic rings. The van der Waals surface area contributed by atoms with E-state index in [1.165, 1.54) is 0 Å². The second-order valence-electron chi connectivity index (χ2n) is 5.72. The van der Waals surface area contributed by atoms with Crippen LogP contribution in [-0.2, 0) is 10.5 Å². The van der Waals surface area contributed by atoms with Gasteiger partial charge in [0.2, 0.25) is 5.79 Å². The second kappa shape index (κ2) is 4.38. The first-order valence-corrected chi connectivity index (χ1v) is 7.43. The van der Waals surface area contributed by atoms with Crippen molar-refractivity contribution in [1.82, 2.24) is 15.0 Å². The molecule has 2 N–H and O–H groups in total. The van der Waals surface area contributed by atoms with E-state index in [2.05, 4.69) is 21.0 Å². The molecule has 5 heteroatoms. The number of para-hydroxylation sites is 2. The first-order chi connectivity index (χ1) is 11.3. The number of rotatable bonds is 2. The number of aromatic amines is 1. The van der Waals surface area contributed by atoms with E-state index in [-0.39, 0.29) is 0 Å². The summed E-state index contributed by atoms with van der Waals surface area (Å²) in [7, 11) is 0. The molecule has 2 atom stereocenters. The van der Waals surface area contributed by atoms with E-state index >= 15 is 0 Å². The van der Waals surface area contributed by atoms with Crippen molar-refractivity contribution in [1.29, 1.82) is 0 Å². The maximum Gasteiger partial charge on any atom is 0.228 e. The second-order valence-corrected chi connectivity index (χ2v) is 5.72. The number of epoxide rings is 1. The van der Waals surface area contributed by atoms with Crippen LogP contribution in [0.2, 0.25) is 0 Å². The zero-order chi connectivity index (χ0) is 15.4. The van der Waals surface area contributed by atoms with Gasteiger partial charge in [-0.05, 0) is 6.07 Å². The lowest BCUT2D eigenvalue weighted by molar-refractivity contribution is 0.0345. The third-order valence-corrected chi connectivity index (χ3v) is 4.37. The molecule has 0 radical (unpaired) electrons. The van der Waals surface area contributed by atoms with Gasteiger partial charge in [-0.15, -0.1) is 0 Å². The molecule has 3 heterocycles. The Bertz CT molecular complexity index is 1030. The number of hydrogen-bond donors (Lipinski definition) is 2. The number of H-pyrrole nitrogens is 1. The quantitative estimate of drug-likeness (QED) is 0.558. The molecule has 2 aromatic heterocycles. The van der Waals surface area contributed by atoms with Gasteiger partial charge >= 0.3 is 0 Å². The van der Waals surface area contributed by atoms with Crippen molar-refractivity contribution in [2.75, 3.05) is 0 Å². The predicted octanol–water partition coefficient (Wildman–Crippen LogP) is 3.03. The molecule has 2 unspecified atom stereocenters. The number of benzene rings is 2. The molecule has 1 aliphatic rings. The van der Waals surface area contributed by atoms with Gasteiger partial charge in [-0.2, -0.15) is 0 Å². The third kappa shape index (κ3) is 1.75. The van der Waals surface area contributed by atoms with Crippen LogP contribution in [0, 0.1) is 0 Å². The van der Waals surface area contributed by atoms with Crippen molar-refractivity contribution in [3.8, 4) is 0 Å². The Labute approximate surface area is 131 Å². The Morgan fingerprint density at radius 2 is 1.91 bits per heavy atom. The molecule has 0 amide bonds. The average molecular weight is 303 g/mol. The summed E-state index contributed by atoms with van der Waals surface area (Å²) in [5.74, 6) is -1.36. The minimum atomic E-state index is -1.36. The molecule has 112 valence electrons. The molecular weight excluding hydrogens is 290 g/mol. The minimum Gasteiger partial charge on any atom is -0.359 e. The number of nitrogens with zero attached hydrogens (tertiary/aromatic N) is 2. The summed E-state index contributed by atoms with van der Waals surface area (Å²) < 4.78 is 5.61. The number of hydrogen-bond acceptors (Lipinski definition) is 4.